The lowest BCUT2D eigenvalue weighted by molar-refractivity contribution is 0.592. The third kappa shape index (κ3) is 3.14. The van der Waals surface area contributed by atoms with Gasteiger partial charge in [-0.05, 0) is 62.7 Å². The number of rotatable bonds is 3. The first-order valence-electron chi connectivity index (χ1n) is 15.7. The molecule has 1 unspecified atom stereocenters. The minimum absolute atomic E-state index is 0.508. The average molecular weight is 607 g/mol. The minimum Gasteiger partial charge on any atom is -0.456 e. The molecule has 0 saturated heterocycles. The van der Waals surface area contributed by atoms with E-state index in [9.17, 15) is 0 Å². The van der Waals surface area contributed by atoms with Crippen LogP contribution >= 0.6 is 7.14 Å². The van der Waals surface area contributed by atoms with Gasteiger partial charge in [0.15, 0.2) is 7.14 Å². The molecule has 2 aliphatic carbocycles. The second-order valence-electron chi connectivity index (χ2n) is 12.3. The molecular formula is C43H27O2P. The van der Waals surface area contributed by atoms with Gasteiger partial charge in [-0.25, -0.2) is 0 Å². The normalized spacial score (nSPS) is 16.0. The Kier molecular flexibility index (Phi) is 5.23. The lowest BCUT2D eigenvalue weighted by Gasteiger charge is -2.30. The predicted octanol–water partition coefficient (Wildman–Crippen LogP) is 9.57. The summed E-state index contributed by atoms with van der Waals surface area (Å²) in [5.74, 6) is 0. The molecule has 1 atom stereocenters. The van der Waals surface area contributed by atoms with Crippen LogP contribution in [0, 0.1) is 0 Å². The van der Waals surface area contributed by atoms with Gasteiger partial charge in [-0.1, -0.05) is 146 Å². The lowest BCUT2D eigenvalue weighted by atomic mass is 9.70. The zero-order chi connectivity index (χ0) is 30.5. The van der Waals surface area contributed by atoms with E-state index < -0.39 is 12.6 Å². The first kappa shape index (κ1) is 25.9. The zero-order valence-corrected chi connectivity index (χ0v) is 25.7. The first-order chi connectivity index (χ1) is 22.7. The molecule has 10 rings (SSSR count). The van der Waals surface area contributed by atoms with Gasteiger partial charge in [0.05, 0.1) is 5.41 Å². The van der Waals surface area contributed by atoms with Gasteiger partial charge in [0, 0.05) is 26.7 Å². The number of para-hydroxylation sites is 1. The fourth-order valence-corrected chi connectivity index (χ4v) is 11.0. The van der Waals surface area contributed by atoms with Crippen LogP contribution in [0.25, 0.3) is 44.2 Å². The van der Waals surface area contributed by atoms with Gasteiger partial charge in [-0.2, -0.15) is 0 Å². The van der Waals surface area contributed by atoms with Crippen molar-refractivity contribution >= 4 is 45.0 Å². The summed E-state index contributed by atoms with van der Waals surface area (Å²) in [4.78, 5) is 0. The molecule has 1 spiro atoms. The van der Waals surface area contributed by atoms with Gasteiger partial charge in [0.1, 0.15) is 11.2 Å². The molecular weight excluding hydrogens is 579 g/mol. The van der Waals surface area contributed by atoms with E-state index in [1.807, 2.05) is 66.7 Å². The summed E-state index contributed by atoms with van der Waals surface area (Å²) in [5.41, 5.74) is 11.1. The van der Waals surface area contributed by atoms with Crippen molar-refractivity contribution in [2.45, 2.75) is 5.41 Å². The molecule has 0 amide bonds. The van der Waals surface area contributed by atoms with Crippen LogP contribution in [-0.2, 0) is 9.98 Å². The molecule has 216 valence electrons. The van der Waals surface area contributed by atoms with E-state index in [0.717, 1.165) is 43.4 Å². The molecule has 8 aromatic rings. The fourth-order valence-electron chi connectivity index (χ4n) is 8.35. The molecule has 1 aromatic heterocycles. The van der Waals surface area contributed by atoms with Gasteiger partial charge in [-0.15, -0.1) is 0 Å². The number of hydrogen-bond donors (Lipinski definition) is 0. The van der Waals surface area contributed by atoms with Gasteiger partial charge in [0.2, 0.25) is 0 Å². The van der Waals surface area contributed by atoms with E-state index >= 15 is 4.57 Å². The molecule has 0 saturated carbocycles. The van der Waals surface area contributed by atoms with Crippen molar-refractivity contribution in [2.75, 3.05) is 0 Å². The first-order valence-corrected chi connectivity index (χ1v) is 17.4. The zero-order valence-electron chi connectivity index (χ0n) is 24.9. The second kappa shape index (κ2) is 9.30. The summed E-state index contributed by atoms with van der Waals surface area (Å²) >= 11 is 0. The Morgan fingerprint density at radius 3 is 1.74 bits per heavy atom. The number of hydrogen-bond acceptors (Lipinski definition) is 2. The van der Waals surface area contributed by atoms with Crippen molar-refractivity contribution < 1.29 is 8.98 Å². The van der Waals surface area contributed by atoms with E-state index in [1.54, 1.807) is 0 Å². The van der Waals surface area contributed by atoms with Crippen LogP contribution in [0.1, 0.15) is 22.3 Å². The third-order valence-electron chi connectivity index (χ3n) is 10.2. The lowest BCUT2D eigenvalue weighted by Crippen LogP contribution is -2.27. The summed E-state index contributed by atoms with van der Waals surface area (Å²) in [7, 11) is -3.16. The van der Waals surface area contributed by atoms with Crippen molar-refractivity contribution in [1.82, 2.24) is 0 Å². The smallest absolute Gasteiger partial charge is 0.171 e. The molecule has 0 N–H and O–H groups in total. The topological polar surface area (TPSA) is 30.2 Å². The highest BCUT2D eigenvalue weighted by atomic mass is 31.2. The van der Waals surface area contributed by atoms with E-state index in [4.69, 9.17) is 4.42 Å². The van der Waals surface area contributed by atoms with Crippen molar-refractivity contribution in [2.24, 2.45) is 0 Å². The Hall–Kier alpha value is -5.43. The summed E-state index contributed by atoms with van der Waals surface area (Å²) < 4.78 is 21.9. The van der Waals surface area contributed by atoms with Crippen LogP contribution in [-0.4, -0.2) is 0 Å². The molecule has 46 heavy (non-hydrogen) atoms. The molecule has 1 heterocycles. The Bertz CT molecular complexity index is 2520. The molecule has 0 aliphatic heterocycles. The highest BCUT2D eigenvalue weighted by Gasteiger charge is 2.52. The van der Waals surface area contributed by atoms with Crippen molar-refractivity contribution in [3.05, 3.63) is 186 Å². The van der Waals surface area contributed by atoms with Gasteiger partial charge >= 0.3 is 0 Å². The standard InChI is InChI=1S/C43H27O2P/c44-46(28-13-3-1-4-14-28,29-15-5-2-6-16-29)30-23-24-37-34(27-30)31-17-7-10-20-35(31)43(37)36-21-11-8-18-32(36)41-38(43)25-26-40-42(41)33-19-9-12-22-39(33)45-40/h1-27H. The molecule has 2 nitrogen and oxygen atoms in total. The van der Waals surface area contributed by atoms with Crippen LogP contribution in [0.5, 0.6) is 0 Å². The number of fused-ring (bicyclic) bond motifs is 14. The van der Waals surface area contributed by atoms with Crippen LogP contribution in [0.2, 0.25) is 0 Å². The van der Waals surface area contributed by atoms with Crippen LogP contribution in [0.4, 0.5) is 0 Å². The van der Waals surface area contributed by atoms with Crippen LogP contribution < -0.4 is 15.9 Å². The van der Waals surface area contributed by atoms with Crippen molar-refractivity contribution in [3.8, 4) is 22.3 Å². The van der Waals surface area contributed by atoms with Gasteiger partial charge in [-0.3, -0.25) is 0 Å². The third-order valence-corrected chi connectivity index (χ3v) is 13.2. The molecule has 2 aliphatic rings. The maximum atomic E-state index is 15.5. The van der Waals surface area contributed by atoms with E-state index in [-0.39, 0.29) is 0 Å². The number of furan rings is 1. The van der Waals surface area contributed by atoms with Crippen LogP contribution in [0.15, 0.2) is 168 Å². The van der Waals surface area contributed by atoms with Gasteiger partial charge < -0.3 is 8.98 Å². The highest BCUT2D eigenvalue weighted by Crippen LogP contribution is 2.64. The minimum atomic E-state index is -3.16. The summed E-state index contributed by atoms with van der Waals surface area (Å²) in [6.07, 6.45) is 0. The quantitative estimate of drug-likeness (QED) is 0.188. The van der Waals surface area contributed by atoms with E-state index in [2.05, 4.69) is 97.1 Å². The van der Waals surface area contributed by atoms with Gasteiger partial charge in [0.25, 0.3) is 0 Å². The Morgan fingerprint density at radius 1 is 0.435 bits per heavy atom. The van der Waals surface area contributed by atoms with Crippen molar-refractivity contribution in [1.29, 1.82) is 0 Å². The molecule has 0 radical (unpaired) electrons. The molecule has 7 aromatic carbocycles. The fraction of sp³-hybridized carbons (Fsp3) is 0.0233. The maximum absolute atomic E-state index is 15.5. The maximum Gasteiger partial charge on any atom is 0.171 e. The predicted molar refractivity (Wildman–Crippen MR) is 189 cm³/mol. The average Bonchev–Trinajstić information content (AvgIpc) is 3.75. The highest BCUT2D eigenvalue weighted by molar-refractivity contribution is 7.85. The summed E-state index contributed by atoms with van der Waals surface area (Å²) in [6.45, 7) is 0. The Balaban J connectivity index is 1.31. The van der Waals surface area contributed by atoms with E-state index in [1.165, 1.54) is 38.9 Å². The molecule has 3 heteroatoms. The molecule has 0 bridgehead atoms. The SMILES string of the molecule is O=P(c1ccccc1)(c1ccccc1)c1ccc2c(c1)-c1ccccc1C21c2ccccc2-c2c1ccc1oc3ccccc3c21. The Morgan fingerprint density at radius 2 is 1.00 bits per heavy atom. The second-order valence-corrected chi connectivity index (χ2v) is 15.1. The van der Waals surface area contributed by atoms with E-state index in [0.29, 0.717) is 0 Å². The summed E-state index contributed by atoms with van der Waals surface area (Å²) in [6, 6.07) is 56.9. The summed E-state index contributed by atoms with van der Waals surface area (Å²) in [5, 5.41) is 4.83. The Labute approximate surface area is 267 Å². The monoisotopic (exact) mass is 606 g/mol. The number of benzene rings is 7. The largest absolute Gasteiger partial charge is 0.456 e. The van der Waals surface area contributed by atoms with Crippen molar-refractivity contribution in [3.63, 3.8) is 0 Å². The molecule has 0 fully saturated rings. The van der Waals surface area contributed by atoms with Crippen LogP contribution in [0.3, 0.4) is 0 Å².